The molecule has 130 valence electrons. The van der Waals surface area contributed by atoms with Gasteiger partial charge in [-0.1, -0.05) is 38.3 Å². The number of aliphatic carboxylic acids is 1. The number of Topliss-reactive ketones (excluding diaryl/α,β-unsaturated/α-hetero) is 1. The molecule has 0 heterocycles. The lowest BCUT2D eigenvalue weighted by Gasteiger charge is -2.20. The van der Waals surface area contributed by atoms with Crippen LogP contribution in [0.15, 0.2) is 12.2 Å². The van der Waals surface area contributed by atoms with Crippen molar-refractivity contribution in [3.05, 3.63) is 12.2 Å². The Morgan fingerprint density at radius 2 is 2.09 bits per heavy atom. The van der Waals surface area contributed by atoms with Crippen LogP contribution in [0, 0.1) is 11.8 Å². The Hall–Kier alpha value is -1.69. The van der Waals surface area contributed by atoms with Crippen molar-refractivity contribution in [2.45, 2.75) is 64.6 Å². The van der Waals surface area contributed by atoms with Crippen molar-refractivity contribution in [3.63, 3.8) is 0 Å². The largest absolute Gasteiger partial charge is 0.481 e. The summed E-state index contributed by atoms with van der Waals surface area (Å²) in [4.78, 5) is 34.1. The molecule has 0 aromatic heterocycles. The summed E-state index contributed by atoms with van der Waals surface area (Å²) in [6.07, 6.45) is 5.28. The minimum Gasteiger partial charge on any atom is -0.481 e. The van der Waals surface area contributed by atoms with Crippen molar-refractivity contribution in [2.24, 2.45) is 11.8 Å². The molecule has 6 nitrogen and oxygen atoms in total. The predicted molar refractivity (Wildman–Crippen MR) is 83.7 cm³/mol. The Kier molecular flexibility index (Phi) is 7.95. The summed E-state index contributed by atoms with van der Waals surface area (Å²) in [6.45, 7) is 3.34. The van der Waals surface area contributed by atoms with Gasteiger partial charge in [0, 0.05) is 25.2 Å². The van der Waals surface area contributed by atoms with Crippen LogP contribution in [0.4, 0.5) is 0 Å². The van der Waals surface area contributed by atoms with E-state index in [4.69, 9.17) is 9.84 Å². The minimum absolute atomic E-state index is 0.0263. The van der Waals surface area contributed by atoms with E-state index in [1.165, 1.54) is 6.92 Å². The molecule has 1 rings (SSSR count). The number of rotatable bonds is 9. The second-order valence-electron chi connectivity index (χ2n) is 6.05. The van der Waals surface area contributed by atoms with E-state index in [1.54, 1.807) is 12.2 Å². The summed E-state index contributed by atoms with van der Waals surface area (Å²) in [5, 5.41) is 18.9. The molecule has 1 fully saturated rings. The Bertz CT molecular complexity index is 456. The summed E-state index contributed by atoms with van der Waals surface area (Å²) < 4.78 is 5.15. The Morgan fingerprint density at radius 1 is 1.39 bits per heavy atom. The van der Waals surface area contributed by atoms with E-state index in [0.29, 0.717) is 6.42 Å². The molecule has 0 radical (unpaired) electrons. The fourth-order valence-corrected chi connectivity index (χ4v) is 2.95. The lowest BCUT2D eigenvalue weighted by atomic mass is 9.90. The second-order valence-corrected chi connectivity index (χ2v) is 6.05. The standard InChI is InChI=1S/C17H26O6/c1-3-4-5-6-12(19)7-8-13-14(9-17(21)22)15(20)10-16(13)23-11(2)18/h7-8,12-14,16,19H,3-6,9-10H2,1-2H3,(H,21,22)/t12-,13-,14-,16-/m0/s1. The summed E-state index contributed by atoms with van der Waals surface area (Å²) in [7, 11) is 0. The summed E-state index contributed by atoms with van der Waals surface area (Å²) >= 11 is 0. The van der Waals surface area contributed by atoms with Gasteiger partial charge in [0.1, 0.15) is 11.9 Å². The molecule has 0 unspecified atom stereocenters. The van der Waals surface area contributed by atoms with Crippen LogP contribution in [0.1, 0.15) is 52.4 Å². The molecule has 0 aromatic rings. The molecule has 0 bridgehead atoms. The van der Waals surface area contributed by atoms with E-state index in [1.807, 2.05) is 0 Å². The number of carbonyl (C=O) groups excluding carboxylic acids is 2. The highest BCUT2D eigenvalue weighted by Gasteiger charge is 2.43. The van der Waals surface area contributed by atoms with Crippen molar-refractivity contribution in [1.29, 1.82) is 0 Å². The highest BCUT2D eigenvalue weighted by Crippen LogP contribution is 2.35. The number of ether oxygens (including phenoxy) is 1. The molecular formula is C17H26O6. The van der Waals surface area contributed by atoms with Crippen molar-refractivity contribution >= 4 is 17.7 Å². The molecule has 1 saturated carbocycles. The van der Waals surface area contributed by atoms with Gasteiger partial charge in [-0.15, -0.1) is 0 Å². The van der Waals surface area contributed by atoms with Gasteiger partial charge >= 0.3 is 11.9 Å². The van der Waals surface area contributed by atoms with Gasteiger partial charge in [0.15, 0.2) is 0 Å². The number of aliphatic hydroxyl groups is 1. The Labute approximate surface area is 136 Å². The molecule has 1 aliphatic rings. The molecule has 0 spiro atoms. The molecular weight excluding hydrogens is 300 g/mol. The Balaban J connectivity index is 2.77. The molecule has 0 amide bonds. The number of ketones is 1. The molecule has 2 N–H and O–H groups in total. The van der Waals surface area contributed by atoms with E-state index in [-0.39, 0.29) is 18.6 Å². The third kappa shape index (κ3) is 6.52. The van der Waals surface area contributed by atoms with Gasteiger partial charge in [-0.05, 0) is 6.42 Å². The lowest BCUT2D eigenvalue weighted by molar-refractivity contribution is -0.147. The van der Waals surface area contributed by atoms with E-state index in [0.717, 1.165) is 19.3 Å². The van der Waals surface area contributed by atoms with Crippen LogP contribution in [-0.4, -0.2) is 40.1 Å². The quantitative estimate of drug-likeness (QED) is 0.382. The first-order valence-electron chi connectivity index (χ1n) is 8.13. The van der Waals surface area contributed by atoms with Crippen LogP contribution in [0.3, 0.4) is 0 Å². The minimum atomic E-state index is -1.06. The summed E-state index contributed by atoms with van der Waals surface area (Å²) in [6, 6.07) is 0. The number of aliphatic hydroxyl groups excluding tert-OH is 1. The van der Waals surface area contributed by atoms with E-state index in [2.05, 4.69) is 6.92 Å². The molecule has 1 aliphatic carbocycles. The van der Waals surface area contributed by atoms with Crippen LogP contribution < -0.4 is 0 Å². The summed E-state index contributed by atoms with van der Waals surface area (Å²) in [5.74, 6) is -2.98. The lowest BCUT2D eigenvalue weighted by Crippen LogP contribution is -2.25. The number of carboxylic acids is 1. The number of carbonyl (C=O) groups is 3. The highest BCUT2D eigenvalue weighted by molar-refractivity contribution is 5.88. The number of hydrogen-bond donors (Lipinski definition) is 2. The number of carboxylic acid groups (broad SMARTS) is 1. The fraction of sp³-hybridized carbons (Fsp3) is 0.706. The fourth-order valence-electron chi connectivity index (χ4n) is 2.95. The first-order valence-corrected chi connectivity index (χ1v) is 8.13. The van der Waals surface area contributed by atoms with E-state index in [9.17, 15) is 19.5 Å². The van der Waals surface area contributed by atoms with Crippen LogP contribution in [0.25, 0.3) is 0 Å². The molecule has 0 aliphatic heterocycles. The first kappa shape index (κ1) is 19.4. The molecule has 6 heteroatoms. The number of hydrogen-bond acceptors (Lipinski definition) is 5. The number of unbranched alkanes of at least 4 members (excludes halogenated alkanes) is 2. The maximum absolute atomic E-state index is 12.0. The molecule has 4 atom stereocenters. The zero-order valence-electron chi connectivity index (χ0n) is 13.7. The zero-order valence-corrected chi connectivity index (χ0v) is 13.7. The highest BCUT2D eigenvalue weighted by atomic mass is 16.5. The monoisotopic (exact) mass is 326 g/mol. The van der Waals surface area contributed by atoms with Crippen LogP contribution in [-0.2, 0) is 19.1 Å². The van der Waals surface area contributed by atoms with Gasteiger partial charge in [0.2, 0.25) is 0 Å². The van der Waals surface area contributed by atoms with Crippen molar-refractivity contribution in [3.8, 4) is 0 Å². The molecule has 23 heavy (non-hydrogen) atoms. The van der Waals surface area contributed by atoms with Gasteiger partial charge in [0.05, 0.1) is 12.5 Å². The van der Waals surface area contributed by atoms with Gasteiger partial charge in [-0.2, -0.15) is 0 Å². The van der Waals surface area contributed by atoms with E-state index >= 15 is 0 Å². The second kappa shape index (κ2) is 9.45. The van der Waals surface area contributed by atoms with Gasteiger partial charge in [0.25, 0.3) is 0 Å². The van der Waals surface area contributed by atoms with Crippen LogP contribution in [0.5, 0.6) is 0 Å². The van der Waals surface area contributed by atoms with Gasteiger partial charge < -0.3 is 14.9 Å². The topological polar surface area (TPSA) is 101 Å². The predicted octanol–water partition coefficient (Wildman–Crippen LogP) is 2.10. The number of esters is 1. The molecule has 0 saturated heterocycles. The first-order chi connectivity index (χ1) is 10.8. The third-order valence-electron chi connectivity index (χ3n) is 4.08. The maximum atomic E-state index is 12.0. The average Bonchev–Trinajstić information content (AvgIpc) is 2.71. The SMILES string of the molecule is CCCCC[C@H](O)C=C[C@@H]1[C@@H](OC(C)=O)CC(=O)[C@H]1CC(=O)O. The zero-order chi connectivity index (χ0) is 17.4. The van der Waals surface area contributed by atoms with Crippen molar-refractivity contribution in [1.82, 2.24) is 0 Å². The normalized spacial score (nSPS) is 25.7. The van der Waals surface area contributed by atoms with Crippen molar-refractivity contribution in [2.75, 3.05) is 0 Å². The Morgan fingerprint density at radius 3 is 2.65 bits per heavy atom. The van der Waals surface area contributed by atoms with Crippen LogP contribution in [0.2, 0.25) is 0 Å². The molecule has 0 aromatic carbocycles. The van der Waals surface area contributed by atoms with Crippen molar-refractivity contribution < 1.29 is 29.3 Å². The summed E-state index contributed by atoms with van der Waals surface area (Å²) in [5.41, 5.74) is 0. The van der Waals surface area contributed by atoms with E-state index < -0.39 is 36.0 Å². The third-order valence-corrected chi connectivity index (χ3v) is 4.08. The smallest absolute Gasteiger partial charge is 0.304 e. The van der Waals surface area contributed by atoms with Gasteiger partial charge in [-0.25, -0.2) is 0 Å². The maximum Gasteiger partial charge on any atom is 0.304 e. The van der Waals surface area contributed by atoms with Crippen LogP contribution >= 0.6 is 0 Å². The van der Waals surface area contributed by atoms with Gasteiger partial charge in [-0.3, -0.25) is 14.4 Å². The average molecular weight is 326 g/mol.